The van der Waals surface area contributed by atoms with Crippen LogP contribution in [0.25, 0.3) is 0 Å². The molecule has 0 radical (unpaired) electrons. The summed E-state index contributed by atoms with van der Waals surface area (Å²) in [5.74, 6) is 1.13. The zero-order chi connectivity index (χ0) is 11.7. The molecule has 0 saturated heterocycles. The van der Waals surface area contributed by atoms with E-state index < -0.39 is 0 Å². The molecule has 1 aliphatic carbocycles. The van der Waals surface area contributed by atoms with Gasteiger partial charge < -0.3 is 9.88 Å². The van der Waals surface area contributed by atoms with Gasteiger partial charge in [0.2, 0.25) is 0 Å². The largest absolute Gasteiger partial charge is 0.329 e. The average Bonchev–Trinajstić information content (AvgIpc) is 2.90. The molecule has 0 aliphatic heterocycles. The Labute approximate surface area is 113 Å². The molecule has 1 saturated carbocycles. The standard InChI is InChI=1S/C12H14BrN3S/c13-9-5-11(17-8-9)7-16-4-3-14-12(16)6-15-10-1-2-10/h3-5,8,10,15H,1-2,6-7H2. The summed E-state index contributed by atoms with van der Waals surface area (Å²) in [6.45, 7) is 1.79. The van der Waals surface area contributed by atoms with Crippen molar-refractivity contribution in [2.24, 2.45) is 0 Å². The fraction of sp³-hybridized carbons (Fsp3) is 0.417. The summed E-state index contributed by atoms with van der Waals surface area (Å²) in [5.41, 5.74) is 0. The lowest BCUT2D eigenvalue weighted by Gasteiger charge is -2.07. The summed E-state index contributed by atoms with van der Waals surface area (Å²) in [6, 6.07) is 2.90. The van der Waals surface area contributed by atoms with Crippen LogP contribution in [-0.4, -0.2) is 15.6 Å². The summed E-state index contributed by atoms with van der Waals surface area (Å²) in [6.07, 6.45) is 6.57. The molecule has 2 aromatic rings. The fourth-order valence-electron chi connectivity index (χ4n) is 1.78. The number of hydrogen-bond donors (Lipinski definition) is 1. The molecule has 3 rings (SSSR count). The second kappa shape index (κ2) is 4.92. The summed E-state index contributed by atoms with van der Waals surface area (Å²) >= 11 is 5.26. The number of rotatable bonds is 5. The summed E-state index contributed by atoms with van der Waals surface area (Å²) < 4.78 is 3.38. The van der Waals surface area contributed by atoms with Crippen molar-refractivity contribution in [3.63, 3.8) is 0 Å². The van der Waals surface area contributed by atoms with Crippen molar-refractivity contribution in [1.82, 2.24) is 14.9 Å². The maximum Gasteiger partial charge on any atom is 0.122 e. The molecule has 0 spiro atoms. The Hall–Kier alpha value is -0.650. The van der Waals surface area contributed by atoms with Gasteiger partial charge in [-0.3, -0.25) is 0 Å². The minimum Gasteiger partial charge on any atom is -0.329 e. The van der Waals surface area contributed by atoms with Gasteiger partial charge in [0.1, 0.15) is 5.82 Å². The van der Waals surface area contributed by atoms with Crippen molar-refractivity contribution in [2.45, 2.75) is 32.0 Å². The molecule has 0 unspecified atom stereocenters. The molecule has 1 N–H and O–H groups in total. The molecule has 1 fully saturated rings. The summed E-state index contributed by atoms with van der Waals surface area (Å²) in [4.78, 5) is 5.76. The summed E-state index contributed by atoms with van der Waals surface area (Å²) in [7, 11) is 0. The van der Waals surface area contributed by atoms with Crippen LogP contribution in [0.2, 0.25) is 0 Å². The number of nitrogens with one attached hydrogen (secondary N) is 1. The minimum atomic E-state index is 0.732. The van der Waals surface area contributed by atoms with E-state index in [0.717, 1.165) is 29.4 Å². The first-order valence-corrected chi connectivity index (χ1v) is 7.45. The van der Waals surface area contributed by atoms with Crippen molar-refractivity contribution in [2.75, 3.05) is 0 Å². The maximum absolute atomic E-state index is 4.41. The van der Waals surface area contributed by atoms with E-state index >= 15 is 0 Å². The Kier molecular flexibility index (Phi) is 3.31. The molecule has 0 atom stereocenters. The molecular formula is C12H14BrN3S. The van der Waals surface area contributed by atoms with Crippen molar-refractivity contribution in [3.8, 4) is 0 Å². The van der Waals surface area contributed by atoms with Crippen molar-refractivity contribution in [3.05, 3.63) is 39.0 Å². The van der Waals surface area contributed by atoms with E-state index in [1.165, 1.54) is 17.7 Å². The smallest absolute Gasteiger partial charge is 0.122 e. The van der Waals surface area contributed by atoms with Crippen molar-refractivity contribution in [1.29, 1.82) is 0 Å². The van der Waals surface area contributed by atoms with Crippen molar-refractivity contribution < 1.29 is 0 Å². The van der Waals surface area contributed by atoms with Gasteiger partial charge in [-0.25, -0.2) is 4.98 Å². The van der Waals surface area contributed by atoms with E-state index in [1.807, 2.05) is 6.20 Å². The third-order valence-electron chi connectivity index (χ3n) is 2.88. The van der Waals surface area contributed by atoms with Gasteiger partial charge >= 0.3 is 0 Å². The maximum atomic E-state index is 4.41. The van der Waals surface area contributed by atoms with E-state index in [2.05, 4.69) is 48.4 Å². The van der Waals surface area contributed by atoms with Gasteiger partial charge in [-0.15, -0.1) is 11.3 Å². The highest BCUT2D eigenvalue weighted by Crippen LogP contribution is 2.21. The lowest BCUT2D eigenvalue weighted by molar-refractivity contribution is 0.620. The van der Waals surface area contributed by atoms with Crippen LogP contribution in [0.4, 0.5) is 0 Å². The van der Waals surface area contributed by atoms with E-state index in [1.54, 1.807) is 11.3 Å². The Morgan fingerprint density at radius 3 is 3.12 bits per heavy atom. The zero-order valence-corrected chi connectivity index (χ0v) is 11.8. The van der Waals surface area contributed by atoms with Gasteiger partial charge in [-0.2, -0.15) is 0 Å². The monoisotopic (exact) mass is 311 g/mol. The first-order chi connectivity index (χ1) is 8.31. The molecule has 1 aliphatic rings. The van der Waals surface area contributed by atoms with Gasteiger partial charge in [0.05, 0.1) is 13.1 Å². The molecule has 2 heterocycles. The van der Waals surface area contributed by atoms with Crippen LogP contribution < -0.4 is 5.32 Å². The third kappa shape index (κ3) is 2.97. The van der Waals surface area contributed by atoms with Gasteiger partial charge in [0.25, 0.3) is 0 Å². The van der Waals surface area contributed by atoms with E-state index in [-0.39, 0.29) is 0 Å². The zero-order valence-electron chi connectivity index (χ0n) is 9.40. The first-order valence-electron chi connectivity index (χ1n) is 5.77. The van der Waals surface area contributed by atoms with Gasteiger partial charge in [-0.05, 0) is 34.8 Å². The van der Waals surface area contributed by atoms with Gasteiger partial charge in [0, 0.05) is 33.2 Å². The Balaban J connectivity index is 1.67. The molecule has 0 amide bonds. The fourth-order valence-corrected chi connectivity index (χ4v) is 3.23. The van der Waals surface area contributed by atoms with Crippen LogP contribution in [0.5, 0.6) is 0 Å². The van der Waals surface area contributed by atoms with Gasteiger partial charge in [0.15, 0.2) is 0 Å². The highest BCUT2D eigenvalue weighted by Gasteiger charge is 2.20. The minimum absolute atomic E-state index is 0.732. The molecule has 90 valence electrons. The molecule has 17 heavy (non-hydrogen) atoms. The topological polar surface area (TPSA) is 29.9 Å². The molecule has 5 heteroatoms. The molecule has 3 nitrogen and oxygen atoms in total. The quantitative estimate of drug-likeness (QED) is 0.920. The molecule has 2 aromatic heterocycles. The highest BCUT2D eigenvalue weighted by molar-refractivity contribution is 9.10. The Morgan fingerprint density at radius 2 is 2.41 bits per heavy atom. The number of thiophene rings is 1. The summed E-state index contributed by atoms with van der Waals surface area (Å²) in [5, 5.41) is 5.62. The predicted molar refractivity (Wildman–Crippen MR) is 73.2 cm³/mol. The second-order valence-electron chi connectivity index (χ2n) is 4.36. The first kappa shape index (κ1) is 11.4. The molecule has 0 bridgehead atoms. The number of aromatic nitrogens is 2. The van der Waals surface area contributed by atoms with Crippen LogP contribution in [0.1, 0.15) is 23.5 Å². The number of halogens is 1. The van der Waals surface area contributed by atoms with Gasteiger partial charge in [-0.1, -0.05) is 0 Å². The average molecular weight is 312 g/mol. The van der Waals surface area contributed by atoms with E-state index in [9.17, 15) is 0 Å². The van der Waals surface area contributed by atoms with Crippen LogP contribution in [0.3, 0.4) is 0 Å². The van der Waals surface area contributed by atoms with Crippen LogP contribution in [0.15, 0.2) is 28.3 Å². The second-order valence-corrected chi connectivity index (χ2v) is 6.27. The third-order valence-corrected chi connectivity index (χ3v) is 4.56. The van der Waals surface area contributed by atoms with Crippen LogP contribution >= 0.6 is 27.3 Å². The normalized spacial score (nSPS) is 15.4. The van der Waals surface area contributed by atoms with Crippen LogP contribution in [-0.2, 0) is 13.1 Å². The van der Waals surface area contributed by atoms with E-state index in [4.69, 9.17) is 0 Å². The SMILES string of the molecule is Brc1csc(Cn2ccnc2CNC2CC2)c1. The number of imidazole rings is 1. The van der Waals surface area contributed by atoms with Crippen molar-refractivity contribution >= 4 is 27.3 Å². The predicted octanol–water partition coefficient (Wildman–Crippen LogP) is 3.01. The highest BCUT2D eigenvalue weighted by atomic mass is 79.9. The molecule has 0 aromatic carbocycles. The lowest BCUT2D eigenvalue weighted by Crippen LogP contribution is -2.18. The van der Waals surface area contributed by atoms with E-state index in [0.29, 0.717) is 0 Å². The number of nitrogens with zero attached hydrogens (tertiary/aromatic N) is 2. The lowest BCUT2D eigenvalue weighted by atomic mass is 10.4. The Bertz CT molecular complexity index is 501. The number of hydrogen-bond acceptors (Lipinski definition) is 3. The van der Waals surface area contributed by atoms with Crippen LogP contribution in [0, 0.1) is 0 Å². The molecular weight excluding hydrogens is 298 g/mol. The Morgan fingerprint density at radius 1 is 1.53 bits per heavy atom.